The van der Waals surface area contributed by atoms with Gasteiger partial charge in [-0.1, -0.05) is 0 Å². The normalized spacial score (nSPS) is 17.9. The zero-order valence-corrected chi connectivity index (χ0v) is 30.1. The Labute approximate surface area is 310 Å². The fourth-order valence-corrected chi connectivity index (χ4v) is 7.20. The molecular formula is C40H40N8O6. The summed E-state index contributed by atoms with van der Waals surface area (Å²) in [6.45, 7) is 9.35. The first-order chi connectivity index (χ1) is 26.3. The third-order valence-electron chi connectivity index (χ3n) is 10.2. The van der Waals surface area contributed by atoms with E-state index in [1.165, 1.54) is 0 Å². The van der Waals surface area contributed by atoms with Gasteiger partial charge in [-0.3, -0.25) is 18.4 Å². The Morgan fingerprint density at radius 1 is 0.611 bits per heavy atom. The molecule has 4 aromatic heterocycles. The topological polar surface area (TPSA) is 127 Å². The SMILES string of the molecule is CN1CCN(c2ccc3nc(-c4ccc5c(c4)OCO5)cc(=O)n3c2)CC1.C[C@@H]1CN(c2ccc3nc(-c4ccc5c(c4)OCO5)cc(=O)n3c2)CCN1. The summed E-state index contributed by atoms with van der Waals surface area (Å²) < 4.78 is 24.8. The summed E-state index contributed by atoms with van der Waals surface area (Å²) in [5.41, 5.74) is 6.08. The van der Waals surface area contributed by atoms with Crippen molar-refractivity contribution in [1.29, 1.82) is 0 Å². The molecule has 0 amide bonds. The second kappa shape index (κ2) is 14.0. The van der Waals surface area contributed by atoms with Gasteiger partial charge in [0.15, 0.2) is 23.0 Å². The van der Waals surface area contributed by atoms with Gasteiger partial charge < -0.3 is 39.0 Å². The number of aromatic nitrogens is 4. The van der Waals surface area contributed by atoms with Gasteiger partial charge in [0.2, 0.25) is 13.6 Å². The monoisotopic (exact) mass is 728 g/mol. The minimum Gasteiger partial charge on any atom is -0.454 e. The van der Waals surface area contributed by atoms with Gasteiger partial charge >= 0.3 is 0 Å². The van der Waals surface area contributed by atoms with Crippen LogP contribution < -0.4 is 45.2 Å². The maximum absolute atomic E-state index is 12.7. The highest BCUT2D eigenvalue weighted by Gasteiger charge is 2.20. The number of benzene rings is 2. The zero-order chi connectivity index (χ0) is 36.8. The van der Waals surface area contributed by atoms with Gasteiger partial charge in [-0.25, -0.2) is 9.97 Å². The summed E-state index contributed by atoms with van der Waals surface area (Å²) in [4.78, 5) is 41.7. The number of anilines is 2. The fourth-order valence-electron chi connectivity index (χ4n) is 7.20. The number of hydrogen-bond acceptors (Lipinski definition) is 12. The Kier molecular flexibility index (Phi) is 8.75. The Morgan fingerprint density at radius 2 is 1.13 bits per heavy atom. The minimum absolute atomic E-state index is 0.0938. The molecule has 14 nitrogen and oxygen atoms in total. The molecule has 1 N–H and O–H groups in total. The van der Waals surface area contributed by atoms with E-state index >= 15 is 0 Å². The van der Waals surface area contributed by atoms with E-state index in [9.17, 15) is 9.59 Å². The van der Waals surface area contributed by atoms with E-state index in [-0.39, 0.29) is 24.7 Å². The van der Waals surface area contributed by atoms with Crippen molar-refractivity contribution in [3.63, 3.8) is 0 Å². The molecule has 4 aliphatic heterocycles. The molecule has 0 spiro atoms. The lowest BCUT2D eigenvalue weighted by molar-refractivity contribution is 0.173. The predicted molar refractivity (Wildman–Crippen MR) is 205 cm³/mol. The highest BCUT2D eigenvalue weighted by atomic mass is 16.7. The Hall–Kier alpha value is -6.12. The third-order valence-corrected chi connectivity index (χ3v) is 10.2. The third kappa shape index (κ3) is 6.65. The van der Waals surface area contributed by atoms with Crippen LogP contribution in [0.25, 0.3) is 33.8 Å². The number of pyridine rings is 2. The molecule has 2 aromatic carbocycles. The maximum Gasteiger partial charge on any atom is 0.258 e. The average molecular weight is 729 g/mol. The van der Waals surface area contributed by atoms with E-state index in [1.54, 1.807) is 20.9 Å². The first-order valence-electron chi connectivity index (χ1n) is 18.1. The molecule has 10 rings (SSSR count). The van der Waals surface area contributed by atoms with Crippen LogP contribution in [0.4, 0.5) is 11.4 Å². The largest absolute Gasteiger partial charge is 0.454 e. The number of piperazine rings is 2. The van der Waals surface area contributed by atoms with Crippen molar-refractivity contribution in [1.82, 2.24) is 29.0 Å². The number of rotatable bonds is 4. The van der Waals surface area contributed by atoms with Crippen molar-refractivity contribution in [2.75, 3.05) is 76.2 Å². The van der Waals surface area contributed by atoms with Gasteiger partial charge in [-0.15, -0.1) is 0 Å². The van der Waals surface area contributed by atoms with Crippen LogP contribution in [0.1, 0.15) is 6.92 Å². The Bertz CT molecular complexity index is 2490. The van der Waals surface area contributed by atoms with E-state index in [4.69, 9.17) is 18.9 Å². The van der Waals surface area contributed by atoms with Crippen LogP contribution in [0.5, 0.6) is 23.0 Å². The first kappa shape index (κ1) is 33.7. The number of hydrogen-bond donors (Lipinski definition) is 1. The van der Waals surface area contributed by atoms with Crippen molar-refractivity contribution in [3.8, 4) is 45.5 Å². The highest BCUT2D eigenvalue weighted by Crippen LogP contribution is 2.36. The van der Waals surface area contributed by atoms with Crippen molar-refractivity contribution in [2.45, 2.75) is 13.0 Å². The molecule has 1 atom stereocenters. The quantitative estimate of drug-likeness (QED) is 0.284. The van der Waals surface area contributed by atoms with E-state index < -0.39 is 0 Å². The lowest BCUT2D eigenvalue weighted by Gasteiger charge is -2.34. The molecule has 0 saturated carbocycles. The molecule has 0 bridgehead atoms. The van der Waals surface area contributed by atoms with Crippen LogP contribution in [-0.2, 0) is 0 Å². The molecule has 54 heavy (non-hydrogen) atoms. The number of ether oxygens (including phenoxy) is 4. The summed E-state index contributed by atoms with van der Waals surface area (Å²) in [5.74, 6) is 2.79. The van der Waals surface area contributed by atoms with Crippen LogP contribution >= 0.6 is 0 Å². The molecule has 14 heteroatoms. The molecule has 6 aromatic rings. The van der Waals surface area contributed by atoms with Crippen LogP contribution in [-0.4, -0.2) is 96.2 Å². The molecule has 0 radical (unpaired) electrons. The molecule has 0 aliphatic carbocycles. The average Bonchev–Trinajstić information content (AvgIpc) is 3.88. The highest BCUT2D eigenvalue weighted by molar-refractivity contribution is 5.68. The lowest BCUT2D eigenvalue weighted by atomic mass is 10.1. The van der Waals surface area contributed by atoms with Gasteiger partial charge in [-0.05, 0) is 74.6 Å². The second-order valence-electron chi connectivity index (χ2n) is 13.9. The van der Waals surface area contributed by atoms with Gasteiger partial charge in [0.25, 0.3) is 11.1 Å². The minimum atomic E-state index is -0.0994. The van der Waals surface area contributed by atoms with Crippen molar-refractivity contribution in [3.05, 3.63) is 106 Å². The van der Waals surface area contributed by atoms with Crippen LogP contribution in [0, 0.1) is 0 Å². The number of nitrogens with zero attached hydrogens (tertiary/aromatic N) is 7. The number of fused-ring (bicyclic) bond motifs is 4. The number of likely N-dealkylation sites (N-methyl/N-ethyl adjacent to an activating group) is 1. The van der Waals surface area contributed by atoms with Gasteiger partial charge in [0, 0.05) is 87.5 Å². The van der Waals surface area contributed by atoms with Crippen molar-refractivity contribution in [2.24, 2.45) is 0 Å². The molecule has 276 valence electrons. The summed E-state index contributed by atoms with van der Waals surface area (Å²) >= 11 is 0. The molecule has 2 saturated heterocycles. The summed E-state index contributed by atoms with van der Waals surface area (Å²) in [5, 5.41) is 3.43. The standard InChI is InChI=1S/2C20H20N4O3/c1-22-6-8-23(9-7-22)15-3-5-19-21-16(11-20(25)24(19)12-15)14-2-4-17-18(10-14)27-13-26-17;1-13-10-23(7-6-21-13)15-3-5-19-22-16(9-20(25)24(19)11-15)14-2-4-17-18(8-14)27-12-26-17/h2-5,10-12H,6-9,13H2,1H3;2-5,8-9,11,13,21H,6-7,10,12H2,1H3/t;13-/m.1/s1. The fraction of sp³-hybridized carbons (Fsp3) is 0.300. The Morgan fingerprint density at radius 3 is 1.67 bits per heavy atom. The van der Waals surface area contributed by atoms with Gasteiger partial charge in [0.1, 0.15) is 11.3 Å². The second-order valence-corrected chi connectivity index (χ2v) is 13.9. The number of nitrogens with one attached hydrogen (secondary N) is 1. The van der Waals surface area contributed by atoms with E-state index in [2.05, 4.69) is 44.0 Å². The molecule has 4 aliphatic rings. The first-order valence-corrected chi connectivity index (χ1v) is 18.1. The van der Waals surface area contributed by atoms with Gasteiger partial charge in [0.05, 0.1) is 22.8 Å². The molecular weight excluding hydrogens is 688 g/mol. The van der Waals surface area contributed by atoms with Crippen LogP contribution in [0.2, 0.25) is 0 Å². The van der Waals surface area contributed by atoms with Crippen LogP contribution in [0.3, 0.4) is 0 Å². The Balaban J connectivity index is 0.000000142. The van der Waals surface area contributed by atoms with Crippen LogP contribution in [0.15, 0.2) is 94.8 Å². The van der Waals surface area contributed by atoms with Crippen molar-refractivity contribution < 1.29 is 18.9 Å². The smallest absolute Gasteiger partial charge is 0.258 e. The summed E-state index contributed by atoms with van der Waals surface area (Å²) in [6.07, 6.45) is 3.77. The molecule has 2 fully saturated rings. The van der Waals surface area contributed by atoms with E-state index in [0.717, 1.165) is 68.3 Å². The zero-order valence-electron chi connectivity index (χ0n) is 30.1. The maximum atomic E-state index is 12.7. The van der Waals surface area contributed by atoms with E-state index in [0.29, 0.717) is 51.7 Å². The van der Waals surface area contributed by atoms with Crippen molar-refractivity contribution >= 4 is 22.7 Å². The summed E-state index contributed by atoms with van der Waals surface area (Å²) in [6, 6.07) is 22.6. The summed E-state index contributed by atoms with van der Waals surface area (Å²) in [7, 11) is 2.13. The predicted octanol–water partition coefficient (Wildman–Crippen LogP) is 3.73. The molecule has 8 heterocycles. The lowest BCUT2D eigenvalue weighted by Crippen LogP contribution is -2.49. The molecule has 0 unspecified atom stereocenters. The van der Waals surface area contributed by atoms with E-state index in [1.807, 2.05) is 73.1 Å². The van der Waals surface area contributed by atoms with Gasteiger partial charge in [-0.2, -0.15) is 0 Å².